The van der Waals surface area contributed by atoms with E-state index in [-0.39, 0.29) is 37.1 Å². The molecule has 0 aliphatic carbocycles. The van der Waals surface area contributed by atoms with Gasteiger partial charge in [0, 0.05) is 25.1 Å². The van der Waals surface area contributed by atoms with Crippen LogP contribution in [0.4, 0.5) is 0 Å². The van der Waals surface area contributed by atoms with E-state index in [1.54, 1.807) is 18.2 Å². The number of imide groups is 1. The number of unbranched alkanes of at least 4 members (excludes halogenated alkanes) is 1. The largest absolute Gasteiger partial charge is 0.322 e. The third-order valence-electron chi connectivity index (χ3n) is 4.85. The molecule has 0 radical (unpaired) electrons. The summed E-state index contributed by atoms with van der Waals surface area (Å²) in [5.41, 5.74) is 2.03. The maximum absolute atomic E-state index is 12.6. The molecule has 27 heavy (non-hydrogen) atoms. The molecule has 0 aromatic heterocycles. The summed E-state index contributed by atoms with van der Waals surface area (Å²) in [5, 5.41) is 2.27. The summed E-state index contributed by atoms with van der Waals surface area (Å²) in [6.45, 7) is 2.37. The molecule has 0 bridgehead atoms. The van der Waals surface area contributed by atoms with Crippen LogP contribution >= 0.6 is 0 Å². The summed E-state index contributed by atoms with van der Waals surface area (Å²) in [7, 11) is -3.32. The molecule has 2 heterocycles. The molecular formula is C18H23N3O5S. The van der Waals surface area contributed by atoms with Crippen molar-refractivity contribution in [3.05, 3.63) is 34.9 Å². The smallest absolute Gasteiger partial charge is 0.255 e. The number of benzene rings is 1. The second-order valence-electron chi connectivity index (χ2n) is 6.88. The first kappa shape index (κ1) is 19.5. The van der Waals surface area contributed by atoms with Gasteiger partial charge in [0.2, 0.25) is 21.8 Å². The topological polar surface area (TPSA) is 113 Å². The molecule has 0 spiro atoms. The Hall–Kier alpha value is -2.26. The monoisotopic (exact) mass is 393 g/mol. The zero-order valence-electron chi connectivity index (χ0n) is 15.2. The second kappa shape index (κ2) is 7.77. The van der Waals surface area contributed by atoms with E-state index in [1.807, 2.05) is 6.92 Å². The second-order valence-corrected chi connectivity index (χ2v) is 8.81. The molecule has 2 N–H and O–H groups in total. The molecule has 1 atom stereocenters. The molecule has 146 valence electrons. The van der Waals surface area contributed by atoms with Crippen molar-refractivity contribution < 1.29 is 22.8 Å². The van der Waals surface area contributed by atoms with Crippen molar-refractivity contribution in [2.45, 2.75) is 51.7 Å². The number of carbonyl (C=O) groups is 3. The first-order valence-corrected chi connectivity index (χ1v) is 10.7. The van der Waals surface area contributed by atoms with Crippen LogP contribution in [0.25, 0.3) is 0 Å². The van der Waals surface area contributed by atoms with Gasteiger partial charge in [-0.25, -0.2) is 13.1 Å². The van der Waals surface area contributed by atoms with Crippen LogP contribution in [-0.4, -0.2) is 42.8 Å². The van der Waals surface area contributed by atoms with E-state index >= 15 is 0 Å². The summed E-state index contributed by atoms with van der Waals surface area (Å²) in [6, 6.07) is 4.52. The predicted molar refractivity (Wildman–Crippen MR) is 98.0 cm³/mol. The van der Waals surface area contributed by atoms with Crippen molar-refractivity contribution in [3.8, 4) is 0 Å². The lowest BCUT2D eigenvalue weighted by Crippen LogP contribution is -2.52. The van der Waals surface area contributed by atoms with Gasteiger partial charge in [-0.1, -0.05) is 25.5 Å². The van der Waals surface area contributed by atoms with Gasteiger partial charge in [0.1, 0.15) is 6.04 Å². The van der Waals surface area contributed by atoms with E-state index in [2.05, 4.69) is 10.0 Å². The van der Waals surface area contributed by atoms with Crippen LogP contribution in [-0.2, 0) is 32.7 Å². The van der Waals surface area contributed by atoms with Gasteiger partial charge < -0.3 is 4.90 Å². The molecule has 8 nitrogen and oxygen atoms in total. The number of rotatable bonds is 7. The molecule has 1 saturated heterocycles. The van der Waals surface area contributed by atoms with Gasteiger partial charge in [-0.2, -0.15) is 0 Å². The van der Waals surface area contributed by atoms with Crippen LogP contribution < -0.4 is 10.0 Å². The van der Waals surface area contributed by atoms with E-state index in [0.29, 0.717) is 18.4 Å². The van der Waals surface area contributed by atoms with Gasteiger partial charge in [0.25, 0.3) is 5.91 Å². The van der Waals surface area contributed by atoms with E-state index in [0.717, 1.165) is 17.5 Å². The molecule has 1 aromatic carbocycles. The minimum atomic E-state index is -3.32. The van der Waals surface area contributed by atoms with Gasteiger partial charge in [-0.05, 0) is 30.0 Å². The molecule has 3 amide bonds. The van der Waals surface area contributed by atoms with Crippen molar-refractivity contribution in [2.75, 3.05) is 5.75 Å². The highest BCUT2D eigenvalue weighted by molar-refractivity contribution is 7.89. The summed E-state index contributed by atoms with van der Waals surface area (Å²) >= 11 is 0. The minimum absolute atomic E-state index is 0.0935. The molecule has 1 unspecified atom stereocenters. The van der Waals surface area contributed by atoms with E-state index in [4.69, 9.17) is 0 Å². The van der Waals surface area contributed by atoms with Gasteiger partial charge in [-0.3, -0.25) is 19.7 Å². The highest BCUT2D eigenvalue weighted by Gasteiger charge is 2.39. The Labute approximate surface area is 158 Å². The number of sulfonamides is 1. The van der Waals surface area contributed by atoms with Crippen molar-refractivity contribution in [1.82, 2.24) is 14.9 Å². The molecule has 9 heteroatoms. The Bertz CT molecular complexity index is 881. The first-order valence-electron chi connectivity index (χ1n) is 9.04. The SMILES string of the molecule is CCCCS(=O)(=O)NCc1ccc2c(c1)CN(C1CCC(=O)NC1=O)C2=O. The van der Waals surface area contributed by atoms with Crippen LogP contribution in [0, 0.1) is 0 Å². The number of nitrogens with one attached hydrogen (secondary N) is 2. The minimum Gasteiger partial charge on any atom is -0.322 e. The lowest BCUT2D eigenvalue weighted by Gasteiger charge is -2.29. The summed E-state index contributed by atoms with van der Waals surface area (Å²) in [6.07, 6.45) is 1.93. The summed E-state index contributed by atoms with van der Waals surface area (Å²) in [5.74, 6) is -0.917. The fourth-order valence-corrected chi connectivity index (χ4v) is 4.54. The Morgan fingerprint density at radius 2 is 2.04 bits per heavy atom. The first-order chi connectivity index (χ1) is 12.8. The number of piperidine rings is 1. The van der Waals surface area contributed by atoms with E-state index in [9.17, 15) is 22.8 Å². The average molecular weight is 393 g/mol. The van der Waals surface area contributed by atoms with Crippen molar-refractivity contribution in [3.63, 3.8) is 0 Å². The summed E-state index contributed by atoms with van der Waals surface area (Å²) in [4.78, 5) is 37.5. The summed E-state index contributed by atoms with van der Waals surface area (Å²) < 4.78 is 26.4. The Balaban J connectivity index is 1.69. The van der Waals surface area contributed by atoms with Crippen molar-refractivity contribution in [2.24, 2.45) is 0 Å². The third kappa shape index (κ3) is 4.36. The van der Waals surface area contributed by atoms with Gasteiger partial charge in [0.15, 0.2) is 0 Å². The highest BCUT2D eigenvalue weighted by atomic mass is 32.2. The quantitative estimate of drug-likeness (QED) is 0.661. The van der Waals surface area contributed by atoms with Crippen LogP contribution in [0.5, 0.6) is 0 Å². The van der Waals surface area contributed by atoms with Gasteiger partial charge in [0.05, 0.1) is 5.75 Å². The number of hydrogen-bond acceptors (Lipinski definition) is 5. The fourth-order valence-electron chi connectivity index (χ4n) is 3.34. The Morgan fingerprint density at radius 3 is 2.74 bits per heavy atom. The van der Waals surface area contributed by atoms with Crippen LogP contribution in [0.3, 0.4) is 0 Å². The highest BCUT2D eigenvalue weighted by Crippen LogP contribution is 2.28. The molecule has 0 saturated carbocycles. The van der Waals surface area contributed by atoms with Crippen LogP contribution in [0.2, 0.25) is 0 Å². The molecule has 1 fully saturated rings. The molecule has 1 aromatic rings. The van der Waals surface area contributed by atoms with E-state index < -0.39 is 22.0 Å². The number of amides is 3. The maximum Gasteiger partial charge on any atom is 0.255 e. The molecule has 3 rings (SSSR count). The third-order valence-corrected chi connectivity index (χ3v) is 6.26. The van der Waals surface area contributed by atoms with Crippen LogP contribution in [0.15, 0.2) is 18.2 Å². The normalized spacial score (nSPS) is 20.0. The number of fused-ring (bicyclic) bond motifs is 1. The van der Waals surface area contributed by atoms with Gasteiger partial charge >= 0.3 is 0 Å². The Morgan fingerprint density at radius 1 is 1.26 bits per heavy atom. The Kier molecular flexibility index (Phi) is 5.61. The zero-order valence-corrected chi connectivity index (χ0v) is 16.0. The van der Waals surface area contributed by atoms with E-state index in [1.165, 1.54) is 4.90 Å². The predicted octanol–water partition coefficient (Wildman–Crippen LogP) is 0.667. The number of nitrogens with zero attached hydrogens (tertiary/aromatic N) is 1. The molecule has 2 aliphatic heterocycles. The lowest BCUT2D eigenvalue weighted by molar-refractivity contribution is -0.136. The fraction of sp³-hybridized carbons (Fsp3) is 0.500. The lowest BCUT2D eigenvalue weighted by atomic mass is 10.0. The zero-order chi connectivity index (χ0) is 19.6. The van der Waals surface area contributed by atoms with Crippen molar-refractivity contribution >= 4 is 27.7 Å². The van der Waals surface area contributed by atoms with Gasteiger partial charge in [-0.15, -0.1) is 0 Å². The molecular weight excluding hydrogens is 370 g/mol. The standard InChI is InChI=1S/C18H23N3O5S/c1-2-3-8-27(25,26)19-10-12-4-5-14-13(9-12)11-21(18(14)24)15-6-7-16(22)20-17(15)23/h4-5,9,15,19H,2-3,6-8,10-11H2,1H3,(H,20,22,23). The maximum atomic E-state index is 12.6. The average Bonchev–Trinajstić information content (AvgIpc) is 2.94. The number of carbonyl (C=O) groups excluding carboxylic acids is 3. The van der Waals surface area contributed by atoms with Crippen LogP contribution in [0.1, 0.15) is 54.1 Å². The van der Waals surface area contributed by atoms with Crippen molar-refractivity contribution in [1.29, 1.82) is 0 Å². The number of hydrogen-bond donors (Lipinski definition) is 2. The molecule has 2 aliphatic rings.